The van der Waals surface area contributed by atoms with Crippen molar-refractivity contribution in [2.45, 2.75) is 32.5 Å². The van der Waals surface area contributed by atoms with Crippen LogP contribution in [0.4, 0.5) is 13.2 Å². The Balaban J connectivity index is 1.81. The van der Waals surface area contributed by atoms with Crippen molar-refractivity contribution in [3.8, 4) is 5.75 Å². The van der Waals surface area contributed by atoms with Crippen LogP contribution in [0.25, 0.3) is 0 Å². The zero-order valence-corrected chi connectivity index (χ0v) is 15.5. The van der Waals surface area contributed by atoms with Gasteiger partial charge in [0.05, 0.1) is 24.2 Å². The number of hydrogen-bond donors (Lipinski definition) is 0. The van der Waals surface area contributed by atoms with E-state index >= 15 is 0 Å². The fourth-order valence-electron chi connectivity index (χ4n) is 2.59. The van der Waals surface area contributed by atoms with E-state index in [1.54, 1.807) is 14.0 Å². The van der Waals surface area contributed by atoms with Crippen LogP contribution in [0.1, 0.15) is 41.7 Å². The summed E-state index contributed by atoms with van der Waals surface area (Å²) in [5.41, 5.74) is -0.0331. The SMILES string of the molecule is COc1ccc(Cc2nnc(C(C)n3nc(C(F)(F)F)c(Cl)c3C)o2)cc1. The number of methoxy groups -OCH3 is 1. The summed E-state index contributed by atoms with van der Waals surface area (Å²) in [6.07, 6.45) is -4.25. The number of nitrogens with zero attached hydrogens (tertiary/aromatic N) is 4. The van der Waals surface area contributed by atoms with Gasteiger partial charge in [0, 0.05) is 0 Å². The maximum atomic E-state index is 13.0. The first-order chi connectivity index (χ1) is 12.7. The fourth-order valence-corrected chi connectivity index (χ4v) is 2.82. The Morgan fingerprint density at radius 1 is 1.22 bits per heavy atom. The zero-order valence-electron chi connectivity index (χ0n) is 14.7. The molecule has 1 unspecified atom stereocenters. The largest absolute Gasteiger partial charge is 0.497 e. The zero-order chi connectivity index (χ0) is 19.8. The van der Waals surface area contributed by atoms with Gasteiger partial charge >= 0.3 is 6.18 Å². The molecule has 0 bridgehead atoms. The predicted molar refractivity (Wildman–Crippen MR) is 90.9 cm³/mol. The average Bonchev–Trinajstić information content (AvgIpc) is 3.20. The summed E-state index contributed by atoms with van der Waals surface area (Å²) in [6, 6.07) is 6.64. The first-order valence-corrected chi connectivity index (χ1v) is 8.35. The van der Waals surface area contributed by atoms with Crippen LogP contribution in [0.15, 0.2) is 28.7 Å². The van der Waals surface area contributed by atoms with E-state index in [2.05, 4.69) is 15.3 Å². The summed E-state index contributed by atoms with van der Waals surface area (Å²) < 4.78 is 50.8. The van der Waals surface area contributed by atoms with Crippen molar-refractivity contribution in [1.82, 2.24) is 20.0 Å². The van der Waals surface area contributed by atoms with Gasteiger partial charge in [-0.1, -0.05) is 23.7 Å². The maximum absolute atomic E-state index is 13.0. The van der Waals surface area contributed by atoms with Crippen LogP contribution in [-0.2, 0) is 12.6 Å². The van der Waals surface area contributed by atoms with Gasteiger partial charge in [0.15, 0.2) is 5.69 Å². The van der Waals surface area contributed by atoms with Crippen molar-refractivity contribution in [2.24, 2.45) is 0 Å². The molecule has 0 saturated carbocycles. The normalized spacial score (nSPS) is 13.0. The van der Waals surface area contributed by atoms with Crippen LogP contribution in [0, 0.1) is 6.92 Å². The van der Waals surface area contributed by atoms with E-state index in [1.165, 1.54) is 6.92 Å². The van der Waals surface area contributed by atoms with Gasteiger partial charge < -0.3 is 9.15 Å². The summed E-state index contributed by atoms with van der Waals surface area (Å²) in [5.74, 6) is 1.22. The molecular formula is C17H16ClF3N4O2. The highest BCUT2D eigenvalue weighted by Crippen LogP contribution is 2.36. The standard InChI is InChI=1S/C17H16ClF3N4O2/c1-9-14(18)15(17(19,20)21)24-25(9)10(2)16-23-22-13(27-16)8-11-4-6-12(26-3)7-5-11/h4-7,10H,8H2,1-3H3. The lowest BCUT2D eigenvalue weighted by molar-refractivity contribution is -0.141. The minimum absolute atomic E-state index is 0.148. The molecule has 0 radical (unpaired) electrons. The van der Waals surface area contributed by atoms with E-state index in [1.807, 2.05) is 24.3 Å². The minimum atomic E-state index is -4.64. The van der Waals surface area contributed by atoms with Gasteiger partial charge in [-0.2, -0.15) is 18.3 Å². The maximum Gasteiger partial charge on any atom is 0.436 e. The topological polar surface area (TPSA) is 66.0 Å². The summed E-state index contributed by atoms with van der Waals surface area (Å²) in [5, 5.41) is 11.1. The second-order valence-electron chi connectivity index (χ2n) is 5.93. The molecule has 1 atom stereocenters. The van der Waals surface area contributed by atoms with Crippen molar-refractivity contribution in [3.05, 3.63) is 58.0 Å². The first kappa shape index (κ1) is 19.2. The van der Waals surface area contributed by atoms with Gasteiger partial charge in [0.1, 0.15) is 11.8 Å². The fraction of sp³-hybridized carbons (Fsp3) is 0.353. The lowest BCUT2D eigenvalue weighted by atomic mass is 10.1. The number of aromatic nitrogens is 4. The molecule has 10 heteroatoms. The molecule has 0 amide bonds. The van der Waals surface area contributed by atoms with Gasteiger partial charge in [-0.15, -0.1) is 10.2 Å². The van der Waals surface area contributed by atoms with Crippen LogP contribution >= 0.6 is 11.6 Å². The van der Waals surface area contributed by atoms with Crippen LogP contribution in [-0.4, -0.2) is 27.1 Å². The van der Waals surface area contributed by atoms with Gasteiger partial charge in [-0.05, 0) is 31.5 Å². The molecule has 0 aliphatic carbocycles. The molecule has 0 fully saturated rings. The van der Waals surface area contributed by atoms with E-state index in [0.717, 1.165) is 16.0 Å². The smallest absolute Gasteiger partial charge is 0.436 e. The monoisotopic (exact) mass is 400 g/mol. The van der Waals surface area contributed by atoms with Crippen molar-refractivity contribution in [2.75, 3.05) is 7.11 Å². The Bertz CT molecular complexity index is 935. The summed E-state index contributed by atoms with van der Waals surface area (Å²) in [7, 11) is 1.58. The Labute approximate surface area is 157 Å². The number of hydrogen-bond acceptors (Lipinski definition) is 5. The van der Waals surface area contributed by atoms with Crippen molar-refractivity contribution in [1.29, 1.82) is 0 Å². The molecule has 0 N–H and O–H groups in total. The second kappa shape index (κ2) is 7.22. The Morgan fingerprint density at radius 2 is 1.89 bits per heavy atom. The van der Waals surface area contributed by atoms with Gasteiger partial charge in [0.2, 0.25) is 11.8 Å². The van der Waals surface area contributed by atoms with E-state index in [4.69, 9.17) is 20.8 Å². The summed E-state index contributed by atoms with van der Waals surface area (Å²) >= 11 is 5.79. The van der Waals surface area contributed by atoms with Gasteiger partial charge in [0.25, 0.3) is 0 Å². The minimum Gasteiger partial charge on any atom is -0.497 e. The third kappa shape index (κ3) is 3.92. The van der Waals surface area contributed by atoms with E-state index in [0.29, 0.717) is 12.3 Å². The highest BCUT2D eigenvalue weighted by molar-refractivity contribution is 6.31. The molecule has 0 spiro atoms. The van der Waals surface area contributed by atoms with E-state index in [-0.39, 0.29) is 11.6 Å². The molecule has 2 heterocycles. The van der Waals surface area contributed by atoms with Crippen LogP contribution in [0.5, 0.6) is 5.75 Å². The average molecular weight is 401 g/mol. The molecule has 144 valence electrons. The number of alkyl halides is 3. The molecule has 6 nitrogen and oxygen atoms in total. The predicted octanol–water partition coefficient (Wildman–Crippen LogP) is 4.46. The Morgan fingerprint density at radius 3 is 2.44 bits per heavy atom. The van der Waals surface area contributed by atoms with E-state index < -0.39 is 22.9 Å². The molecule has 0 saturated heterocycles. The van der Waals surface area contributed by atoms with Gasteiger partial charge in [-0.3, -0.25) is 4.68 Å². The van der Waals surface area contributed by atoms with Crippen molar-refractivity contribution < 1.29 is 22.3 Å². The quantitative estimate of drug-likeness (QED) is 0.632. The Kier molecular flexibility index (Phi) is 5.14. The molecule has 0 aliphatic rings. The molecule has 2 aromatic heterocycles. The second-order valence-corrected chi connectivity index (χ2v) is 6.30. The van der Waals surface area contributed by atoms with Gasteiger partial charge in [-0.25, -0.2) is 0 Å². The lowest BCUT2D eigenvalue weighted by Gasteiger charge is -2.09. The molecule has 3 aromatic rings. The summed E-state index contributed by atoms with van der Waals surface area (Å²) in [6.45, 7) is 3.07. The van der Waals surface area contributed by atoms with Crippen LogP contribution in [0.3, 0.4) is 0 Å². The lowest BCUT2D eigenvalue weighted by Crippen LogP contribution is -2.13. The van der Waals surface area contributed by atoms with Crippen molar-refractivity contribution in [3.63, 3.8) is 0 Å². The number of halogens is 4. The van der Waals surface area contributed by atoms with Crippen LogP contribution in [0.2, 0.25) is 5.02 Å². The number of rotatable bonds is 5. The third-order valence-corrected chi connectivity index (χ3v) is 4.52. The molecular weight excluding hydrogens is 385 g/mol. The molecule has 0 aliphatic heterocycles. The highest BCUT2D eigenvalue weighted by Gasteiger charge is 2.39. The molecule has 1 aromatic carbocycles. The van der Waals surface area contributed by atoms with E-state index in [9.17, 15) is 13.2 Å². The molecule has 27 heavy (non-hydrogen) atoms. The van der Waals surface area contributed by atoms with Crippen molar-refractivity contribution >= 4 is 11.6 Å². The third-order valence-electron chi connectivity index (χ3n) is 4.07. The highest BCUT2D eigenvalue weighted by atomic mass is 35.5. The first-order valence-electron chi connectivity index (χ1n) is 7.97. The molecule has 3 rings (SSSR count). The number of ether oxygens (including phenoxy) is 1. The van der Waals surface area contributed by atoms with Crippen LogP contribution < -0.4 is 4.74 Å². The number of benzene rings is 1. The Hall–Kier alpha value is -2.55. The summed E-state index contributed by atoms with van der Waals surface area (Å²) in [4.78, 5) is 0.